The van der Waals surface area contributed by atoms with Gasteiger partial charge in [-0.15, -0.1) is 0 Å². The Morgan fingerprint density at radius 1 is 1.33 bits per heavy atom. The zero-order chi connectivity index (χ0) is 25.4. The molecule has 1 saturated heterocycles. The van der Waals surface area contributed by atoms with Crippen LogP contribution in [0.3, 0.4) is 0 Å². The topological polar surface area (TPSA) is 82.3 Å². The molecule has 1 atom stereocenters. The highest BCUT2D eigenvalue weighted by molar-refractivity contribution is 6.00. The van der Waals surface area contributed by atoms with Crippen molar-refractivity contribution in [3.8, 4) is 22.9 Å². The predicted molar refractivity (Wildman–Crippen MR) is 132 cm³/mol. The molecule has 1 aromatic heterocycles. The van der Waals surface area contributed by atoms with Crippen molar-refractivity contribution in [2.24, 2.45) is 0 Å². The number of piperazine rings is 1. The number of amides is 1. The van der Waals surface area contributed by atoms with E-state index in [4.69, 9.17) is 4.74 Å². The molecule has 2 aliphatic heterocycles. The van der Waals surface area contributed by atoms with Crippen LogP contribution in [-0.2, 0) is 11.2 Å². The van der Waals surface area contributed by atoms with Crippen LogP contribution >= 0.6 is 0 Å². The van der Waals surface area contributed by atoms with E-state index in [0.717, 1.165) is 34.9 Å². The average molecular weight is 490 g/mol. The summed E-state index contributed by atoms with van der Waals surface area (Å²) in [5, 5.41) is 10.0. The van der Waals surface area contributed by atoms with Crippen molar-refractivity contribution in [2.75, 3.05) is 31.1 Å². The van der Waals surface area contributed by atoms with Crippen molar-refractivity contribution in [3.05, 3.63) is 59.9 Å². The fourth-order valence-electron chi connectivity index (χ4n) is 5.23. The van der Waals surface area contributed by atoms with Crippen LogP contribution < -0.4 is 9.64 Å². The number of anilines is 1. The van der Waals surface area contributed by atoms with E-state index in [1.54, 1.807) is 6.07 Å². The maximum Gasteiger partial charge on any atom is 0.282 e. The van der Waals surface area contributed by atoms with Gasteiger partial charge in [-0.1, -0.05) is 18.7 Å². The van der Waals surface area contributed by atoms with Gasteiger partial charge in [-0.05, 0) is 43.0 Å². The highest BCUT2D eigenvalue weighted by Gasteiger charge is 2.34. The lowest BCUT2D eigenvalue weighted by molar-refractivity contribution is -0.131. The van der Waals surface area contributed by atoms with Crippen LogP contribution in [-0.4, -0.2) is 53.1 Å². The van der Waals surface area contributed by atoms with Gasteiger partial charge in [-0.2, -0.15) is 5.26 Å². The summed E-state index contributed by atoms with van der Waals surface area (Å²) in [7, 11) is 0. The van der Waals surface area contributed by atoms with Gasteiger partial charge in [0.15, 0.2) is 5.83 Å². The summed E-state index contributed by atoms with van der Waals surface area (Å²) in [6.45, 7) is 6.42. The van der Waals surface area contributed by atoms with Crippen molar-refractivity contribution in [2.45, 2.75) is 32.2 Å². The lowest BCUT2D eigenvalue weighted by atomic mass is 9.90. The highest BCUT2D eigenvalue weighted by atomic mass is 19.1. The number of ether oxygens (including phenoxy) is 1. The Labute approximate surface area is 207 Å². The summed E-state index contributed by atoms with van der Waals surface area (Å²) in [6.07, 6.45) is 3.02. The second kappa shape index (κ2) is 9.53. The van der Waals surface area contributed by atoms with E-state index in [1.165, 1.54) is 17.3 Å². The van der Waals surface area contributed by atoms with Crippen molar-refractivity contribution in [3.63, 3.8) is 0 Å². The number of hydrogen-bond acceptors (Lipinski definition) is 6. The number of carbonyl (C=O) groups is 1. The molecule has 1 amide bonds. The number of carbonyl (C=O) groups excluding carboxylic acids is 1. The van der Waals surface area contributed by atoms with E-state index in [9.17, 15) is 18.8 Å². The van der Waals surface area contributed by atoms with Gasteiger partial charge in [0.1, 0.15) is 23.7 Å². The Balaban J connectivity index is 1.63. The molecule has 0 aliphatic carbocycles. The molecule has 2 aromatic carbocycles. The molecular weight excluding hydrogens is 464 g/mol. The molecule has 1 fully saturated rings. The SMILES string of the molecule is C=C(F)C(=O)N1CCN(c2ncnc3cc(-c4c(C)cccc4F)c4c(c23)OCCC4)C[C@@H]1CC#N. The average Bonchev–Trinajstić information content (AvgIpc) is 2.88. The minimum Gasteiger partial charge on any atom is -0.492 e. The number of rotatable bonds is 4. The largest absolute Gasteiger partial charge is 0.492 e. The van der Waals surface area contributed by atoms with Gasteiger partial charge in [0.2, 0.25) is 0 Å². The summed E-state index contributed by atoms with van der Waals surface area (Å²) in [5.74, 6) is -0.889. The Hall–Kier alpha value is -4.06. The van der Waals surface area contributed by atoms with Crippen molar-refractivity contribution >= 4 is 22.6 Å². The van der Waals surface area contributed by atoms with E-state index in [-0.39, 0.29) is 18.8 Å². The summed E-state index contributed by atoms with van der Waals surface area (Å²) in [6, 6.07) is 8.49. The number of aryl methyl sites for hydroxylation is 1. The fraction of sp³-hybridized carbons (Fsp3) is 0.333. The molecule has 0 N–H and O–H groups in total. The zero-order valence-electron chi connectivity index (χ0n) is 19.9. The molecule has 5 rings (SSSR count). The third kappa shape index (κ3) is 4.02. The fourth-order valence-corrected chi connectivity index (χ4v) is 5.23. The summed E-state index contributed by atoms with van der Waals surface area (Å²) in [5.41, 5.74) is 3.65. The normalized spacial score (nSPS) is 17.3. The van der Waals surface area contributed by atoms with Crippen LogP contribution in [0, 0.1) is 24.1 Å². The van der Waals surface area contributed by atoms with E-state index in [0.29, 0.717) is 42.3 Å². The molecular formula is C27H25F2N5O2. The molecule has 0 bridgehead atoms. The molecule has 0 saturated carbocycles. The molecule has 0 radical (unpaired) electrons. The van der Waals surface area contributed by atoms with Crippen LogP contribution in [0.2, 0.25) is 0 Å². The second-order valence-electron chi connectivity index (χ2n) is 9.07. The second-order valence-corrected chi connectivity index (χ2v) is 9.07. The standard InChI is InChI=1S/C27H25F2N5O2/c1-16-5-3-7-21(29)23(16)20-13-22-24(25-19(20)6-4-12-36-25)26(32-15-31-22)33-10-11-34(27(35)17(2)28)18(14-33)8-9-30/h3,5,7,13,15,18H,2,4,6,8,10-12,14H2,1H3/t18-/m0/s1. The maximum absolute atomic E-state index is 15.0. The monoisotopic (exact) mass is 489 g/mol. The minimum atomic E-state index is -1.04. The first-order valence-electron chi connectivity index (χ1n) is 11.9. The first kappa shape index (κ1) is 23.7. The van der Waals surface area contributed by atoms with Gasteiger partial charge in [-0.25, -0.2) is 18.7 Å². The first-order chi connectivity index (χ1) is 17.4. The Morgan fingerprint density at radius 3 is 2.92 bits per heavy atom. The minimum absolute atomic E-state index is 0.0455. The molecule has 3 aromatic rings. The molecule has 36 heavy (non-hydrogen) atoms. The van der Waals surface area contributed by atoms with Crippen LogP contribution in [0.1, 0.15) is 24.0 Å². The van der Waals surface area contributed by atoms with Gasteiger partial charge in [0.25, 0.3) is 5.91 Å². The van der Waals surface area contributed by atoms with Gasteiger partial charge in [-0.3, -0.25) is 4.79 Å². The highest BCUT2D eigenvalue weighted by Crippen LogP contribution is 2.44. The predicted octanol–water partition coefficient (Wildman–Crippen LogP) is 4.48. The van der Waals surface area contributed by atoms with Gasteiger partial charge in [0.05, 0.1) is 36.0 Å². The number of aromatic nitrogens is 2. The van der Waals surface area contributed by atoms with Gasteiger partial charge in [0, 0.05) is 30.8 Å². The quantitative estimate of drug-likeness (QED) is 0.503. The molecule has 0 spiro atoms. The third-order valence-corrected chi connectivity index (χ3v) is 6.87. The van der Waals surface area contributed by atoms with Crippen molar-refractivity contribution < 1.29 is 18.3 Å². The Kier molecular flexibility index (Phi) is 6.27. The first-order valence-corrected chi connectivity index (χ1v) is 11.9. The lowest BCUT2D eigenvalue weighted by Gasteiger charge is -2.41. The molecule has 2 aliphatic rings. The molecule has 7 nitrogen and oxygen atoms in total. The number of hydrogen-bond donors (Lipinski definition) is 0. The third-order valence-electron chi connectivity index (χ3n) is 6.87. The summed E-state index contributed by atoms with van der Waals surface area (Å²) < 4.78 is 34.7. The number of benzene rings is 2. The van der Waals surface area contributed by atoms with E-state index in [2.05, 4.69) is 22.6 Å². The van der Waals surface area contributed by atoms with Crippen LogP contribution in [0.5, 0.6) is 5.75 Å². The smallest absolute Gasteiger partial charge is 0.282 e. The zero-order valence-corrected chi connectivity index (χ0v) is 19.9. The molecule has 9 heteroatoms. The van der Waals surface area contributed by atoms with Crippen molar-refractivity contribution in [1.82, 2.24) is 14.9 Å². The molecule has 0 unspecified atom stereocenters. The molecule has 184 valence electrons. The maximum atomic E-state index is 15.0. The van der Waals surface area contributed by atoms with E-state index < -0.39 is 17.8 Å². The van der Waals surface area contributed by atoms with Crippen LogP contribution in [0.25, 0.3) is 22.0 Å². The number of nitrogens with zero attached hydrogens (tertiary/aromatic N) is 5. The van der Waals surface area contributed by atoms with Gasteiger partial charge >= 0.3 is 0 Å². The number of nitriles is 1. The summed E-state index contributed by atoms with van der Waals surface area (Å²) >= 11 is 0. The Bertz CT molecular complexity index is 1400. The number of fused-ring (bicyclic) bond motifs is 3. The summed E-state index contributed by atoms with van der Waals surface area (Å²) in [4.78, 5) is 24.7. The van der Waals surface area contributed by atoms with Crippen LogP contribution in [0.4, 0.5) is 14.6 Å². The van der Waals surface area contributed by atoms with Gasteiger partial charge < -0.3 is 14.5 Å². The van der Waals surface area contributed by atoms with Crippen molar-refractivity contribution in [1.29, 1.82) is 5.26 Å². The lowest BCUT2D eigenvalue weighted by Crippen LogP contribution is -2.55. The van der Waals surface area contributed by atoms with E-state index >= 15 is 0 Å². The van der Waals surface area contributed by atoms with Crippen LogP contribution in [0.15, 0.2) is 43.0 Å². The number of halogens is 2. The molecule has 3 heterocycles. The van der Waals surface area contributed by atoms with E-state index in [1.807, 2.05) is 24.0 Å². The Morgan fingerprint density at radius 2 is 2.17 bits per heavy atom.